The molecule has 1 aliphatic heterocycles. The predicted molar refractivity (Wildman–Crippen MR) is 86.6 cm³/mol. The topological polar surface area (TPSA) is 43.8 Å². The second kappa shape index (κ2) is 6.80. The van der Waals surface area contributed by atoms with E-state index in [1.165, 1.54) is 17.5 Å². The number of hydrogen-bond donors (Lipinski definition) is 1. The van der Waals surface area contributed by atoms with Gasteiger partial charge < -0.3 is 10.0 Å². The molecule has 0 radical (unpaired) electrons. The van der Waals surface area contributed by atoms with Gasteiger partial charge in [-0.1, -0.05) is 24.3 Å². The van der Waals surface area contributed by atoms with E-state index < -0.39 is 0 Å². The molecule has 22 heavy (non-hydrogen) atoms. The van der Waals surface area contributed by atoms with Crippen molar-refractivity contribution in [3.05, 3.63) is 35.4 Å². The minimum Gasteiger partial charge on any atom is -0.393 e. The largest absolute Gasteiger partial charge is 0.393 e. The molecule has 3 rings (SSSR count). The fraction of sp³-hybridized carbons (Fsp3) is 0.611. The molecular formula is C18H26N2O2. The number of fused-ring (bicyclic) bond motifs is 1. The highest BCUT2D eigenvalue weighted by atomic mass is 16.3. The number of carbonyl (C=O) groups excluding carboxylic acids is 1. The molecule has 1 aromatic carbocycles. The van der Waals surface area contributed by atoms with Gasteiger partial charge in [0.2, 0.25) is 5.91 Å². The van der Waals surface area contributed by atoms with E-state index in [9.17, 15) is 9.90 Å². The van der Waals surface area contributed by atoms with Crippen LogP contribution in [0.3, 0.4) is 0 Å². The Morgan fingerprint density at radius 2 is 2.00 bits per heavy atom. The van der Waals surface area contributed by atoms with Crippen LogP contribution in [0.25, 0.3) is 0 Å². The molecule has 1 atom stereocenters. The van der Waals surface area contributed by atoms with Crippen molar-refractivity contribution in [3.63, 3.8) is 0 Å². The van der Waals surface area contributed by atoms with Crippen molar-refractivity contribution in [2.75, 3.05) is 26.7 Å². The first kappa shape index (κ1) is 15.5. The summed E-state index contributed by atoms with van der Waals surface area (Å²) >= 11 is 0. The Bertz CT molecular complexity index is 524. The molecule has 4 nitrogen and oxygen atoms in total. The molecule has 2 aliphatic rings. The molecular weight excluding hydrogens is 276 g/mol. The molecule has 1 aromatic rings. The first-order valence-corrected chi connectivity index (χ1v) is 8.39. The fourth-order valence-electron chi connectivity index (χ4n) is 3.72. The standard InChI is InChI=1S/C18H26N2O2/c1-19(13-18(22)20-11-9-15(21)10-12-20)17-8-4-6-14-5-2-3-7-16(14)17/h2-3,5,7,15,17,21H,4,6,8-13H2,1H3. The normalized spacial score (nSPS) is 22.7. The Balaban J connectivity index is 1.63. The quantitative estimate of drug-likeness (QED) is 0.928. The maximum absolute atomic E-state index is 12.5. The zero-order valence-corrected chi connectivity index (χ0v) is 13.4. The van der Waals surface area contributed by atoms with Crippen LogP contribution in [0.1, 0.15) is 42.9 Å². The minimum absolute atomic E-state index is 0.192. The van der Waals surface area contributed by atoms with E-state index in [2.05, 4.69) is 36.2 Å². The molecule has 120 valence electrons. The van der Waals surface area contributed by atoms with Gasteiger partial charge in [0.1, 0.15) is 0 Å². The maximum Gasteiger partial charge on any atom is 0.236 e. The molecule has 0 saturated carbocycles. The van der Waals surface area contributed by atoms with Gasteiger partial charge in [0.25, 0.3) is 0 Å². The second-order valence-electron chi connectivity index (χ2n) is 6.63. The van der Waals surface area contributed by atoms with Gasteiger partial charge in [0, 0.05) is 19.1 Å². The second-order valence-corrected chi connectivity index (χ2v) is 6.63. The number of likely N-dealkylation sites (tertiary alicyclic amines) is 1. The predicted octanol–water partition coefficient (Wildman–Crippen LogP) is 1.98. The van der Waals surface area contributed by atoms with Crippen molar-refractivity contribution in [1.29, 1.82) is 0 Å². The summed E-state index contributed by atoms with van der Waals surface area (Å²) in [5.74, 6) is 0.192. The van der Waals surface area contributed by atoms with E-state index in [-0.39, 0.29) is 12.0 Å². The van der Waals surface area contributed by atoms with E-state index in [4.69, 9.17) is 0 Å². The number of rotatable bonds is 3. The average Bonchev–Trinajstić information content (AvgIpc) is 2.54. The molecule has 4 heteroatoms. The van der Waals surface area contributed by atoms with Crippen molar-refractivity contribution in [3.8, 4) is 0 Å². The Kier molecular flexibility index (Phi) is 4.79. The zero-order chi connectivity index (χ0) is 15.5. The lowest BCUT2D eigenvalue weighted by Gasteiger charge is -2.35. The fourth-order valence-corrected chi connectivity index (χ4v) is 3.72. The van der Waals surface area contributed by atoms with E-state index in [0.717, 1.165) is 12.8 Å². The van der Waals surface area contributed by atoms with E-state index in [1.807, 2.05) is 4.90 Å². The lowest BCUT2D eigenvalue weighted by atomic mass is 9.87. The number of amides is 1. The third-order valence-electron chi connectivity index (χ3n) is 5.07. The summed E-state index contributed by atoms with van der Waals surface area (Å²) in [6.45, 7) is 1.85. The monoisotopic (exact) mass is 302 g/mol. The number of hydrogen-bond acceptors (Lipinski definition) is 3. The number of aliphatic hydroxyl groups is 1. The lowest BCUT2D eigenvalue weighted by molar-refractivity contribution is -0.134. The van der Waals surface area contributed by atoms with Crippen LogP contribution in [0, 0.1) is 0 Å². The van der Waals surface area contributed by atoms with Crippen LogP contribution in [0.4, 0.5) is 0 Å². The summed E-state index contributed by atoms with van der Waals surface area (Å²) in [6, 6.07) is 8.97. The number of nitrogens with zero attached hydrogens (tertiary/aromatic N) is 2. The SMILES string of the molecule is CN(CC(=O)N1CCC(O)CC1)C1CCCc2ccccc21. The summed E-state index contributed by atoms with van der Waals surface area (Å²) in [6.07, 6.45) is 4.66. The van der Waals surface area contributed by atoms with E-state index >= 15 is 0 Å². The van der Waals surface area contributed by atoms with Crippen molar-refractivity contribution in [2.24, 2.45) is 0 Å². The number of likely N-dealkylation sites (N-methyl/N-ethyl adjacent to an activating group) is 1. The third kappa shape index (κ3) is 3.33. The van der Waals surface area contributed by atoms with Crippen LogP contribution in [0.15, 0.2) is 24.3 Å². The Morgan fingerprint density at radius 3 is 2.77 bits per heavy atom. The van der Waals surface area contributed by atoms with Crippen LogP contribution in [-0.4, -0.2) is 53.6 Å². The van der Waals surface area contributed by atoms with Gasteiger partial charge in [0.15, 0.2) is 0 Å². The van der Waals surface area contributed by atoms with Crippen molar-refractivity contribution >= 4 is 5.91 Å². The van der Waals surface area contributed by atoms with E-state index in [1.54, 1.807) is 0 Å². The summed E-state index contributed by atoms with van der Waals surface area (Å²) in [5.41, 5.74) is 2.82. The lowest BCUT2D eigenvalue weighted by Crippen LogP contribution is -2.45. The number of carbonyl (C=O) groups is 1. The van der Waals surface area contributed by atoms with Gasteiger partial charge in [-0.25, -0.2) is 0 Å². The highest BCUT2D eigenvalue weighted by molar-refractivity contribution is 5.78. The Labute approximate surface area is 132 Å². The molecule has 0 spiro atoms. The van der Waals surface area contributed by atoms with Gasteiger partial charge in [-0.3, -0.25) is 9.69 Å². The third-order valence-corrected chi connectivity index (χ3v) is 5.07. The minimum atomic E-state index is -0.230. The van der Waals surface area contributed by atoms with Gasteiger partial charge >= 0.3 is 0 Å². The average molecular weight is 302 g/mol. The van der Waals surface area contributed by atoms with Crippen LogP contribution in [0.5, 0.6) is 0 Å². The molecule has 1 N–H and O–H groups in total. The van der Waals surface area contributed by atoms with Crippen LogP contribution in [-0.2, 0) is 11.2 Å². The number of aliphatic hydroxyl groups excluding tert-OH is 1. The molecule has 1 fully saturated rings. The van der Waals surface area contributed by atoms with Gasteiger partial charge in [-0.2, -0.15) is 0 Å². The van der Waals surface area contributed by atoms with Crippen LogP contribution >= 0.6 is 0 Å². The molecule has 0 aromatic heterocycles. The van der Waals surface area contributed by atoms with Gasteiger partial charge in [0.05, 0.1) is 12.6 Å². The number of benzene rings is 1. The highest BCUT2D eigenvalue weighted by Gasteiger charge is 2.27. The van der Waals surface area contributed by atoms with Crippen LogP contribution < -0.4 is 0 Å². The van der Waals surface area contributed by atoms with E-state index in [0.29, 0.717) is 38.5 Å². The zero-order valence-electron chi connectivity index (χ0n) is 13.4. The van der Waals surface area contributed by atoms with Crippen molar-refractivity contribution in [2.45, 2.75) is 44.2 Å². The molecule has 1 amide bonds. The molecule has 1 aliphatic carbocycles. The Morgan fingerprint density at radius 1 is 1.27 bits per heavy atom. The number of aryl methyl sites for hydroxylation is 1. The Hall–Kier alpha value is -1.39. The maximum atomic E-state index is 12.5. The molecule has 1 unspecified atom stereocenters. The van der Waals surface area contributed by atoms with Crippen molar-refractivity contribution in [1.82, 2.24) is 9.80 Å². The summed E-state index contributed by atoms with van der Waals surface area (Å²) in [4.78, 5) is 16.6. The first-order valence-electron chi connectivity index (χ1n) is 8.39. The highest BCUT2D eigenvalue weighted by Crippen LogP contribution is 2.33. The summed E-state index contributed by atoms with van der Waals surface area (Å²) in [5, 5.41) is 9.56. The van der Waals surface area contributed by atoms with Gasteiger partial charge in [-0.15, -0.1) is 0 Å². The smallest absolute Gasteiger partial charge is 0.236 e. The van der Waals surface area contributed by atoms with Crippen LogP contribution in [0.2, 0.25) is 0 Å². The molecule has 1 heterocycles. The summed E-state index contributed by atoms with van der Waals surface area (Å²) in [7, 11) is 2.06. The first-order chi connectivity index (χ1) is 10.6. The summed E-state index contributed by atoms with van der Waals surface area (Å²) < 4.78 is 0. The number of piperidine rings is 1. The molecule has 1 saturated heterocycles. The van der Waals surface area contributed by atoms with Gasteiger partial charge in [-0.05, 0) is 50.3 Å². The molecule has 0 bridgehead atoms. The van der Waals surface area contributed by atoms with Crippen molar-refractivity contribution < 1.29 is 9.90 Å².